The van der Waals surface area contributed by atoms with E-state index in [9.17, 15) is 4.79 Å². The zero-order valence-electron chi connectivity index (χ0n) is 24.5. The summed E-state index contributed by atoms with van der Waals surface area (Å²) in [6.07, 6.45) is 6.22. The quantitative estimate of drug-likeness (QED) is 0.212. The molecule has 0 N–H and O–H groups in total. The molecule has 1 fully saturated rings. The molecule has 1 unspecified atom stereocenters. The number of carbonyl (C=O) groups is 1. The monoisotopic (exact) mass is 549 g/mol. The lowest BCUT2D eigenvalue weighted by Gasteiger charge is -2.32. The number of aromatic nitrogens is 1. The third-order valence-corrected chi connectivity index (χ3v) is 8.97. The summed E-state index contributed by atoms with van der Waals surface area (Å²) in [6.45, 7) is 8.05. The lowest BCUT2D eigenvalue weighted by molar-refractivity contribution is -0.691. The van der Waals surface area contributed by atoms with Gasteiger partial charge in [0.25, 0.3) is 0 Å². The first-order valence-corrected chi connectivity index (χ1v) is 15.1. The van der Waals surface area contributed by atoms with Gasteiger partial charge in [-0.2, -0.15) is 4.57 Å². The first-order valence-electron chi connectivity index (χ1n) is 15.1. The molecule has 2 aliphatic rings. The Morgan fingerprint density at radius 1 is 0.951 bits per heavy atom. The van der Waals surface area contributed by atoms with Crippen LogP contribution in [0.15, 0.2) is 79.0 Å². The van der Waals surface area contributed by atoms with E-state index in [2.05, 4.69) is 90.2 Å². The molecule has 1 aliphatic heterocycles. The summed E-state index contributed by atoms with van der Waals surface area (Å²) in [4.78, 5) is 16.0. The van der Waals surface area contributed by atoms with Gasteiger partial charge >= 0.3 is 0 Å². The van der Waals surface area contributed by atoms with Gasteiger partial charge in [0.15, 0.2) is 29.5 Å². The number of likely N-dealkylation sites (tertiary alicyclic amines) is 1. The van der Waals surface area contributed by atoms with Crippen molar-refractivity contribution in [1.82, 2.24) is 4.90 Å². The van der Waals surface area contributed by atoms with Crippen LogP contribution in [0.2, 0.25) is 0 Å². The molecule has 2 heterocycles. The zero-order valence-corrected chi connectivity index (χ0v) is 24.5. The maximum Gasteiger partial charge on any atom is 0.213 e. The van der Waals surface area contributed by atoms with E-state index < -0.39 is 0 Å². The number of ether oxygens (including phenoxy) is 2. The number of ketones is 1. The summed E-state index contributed by atoms with van der Waals surface area (Å²) < 4.78 is 14.4. The third kappa shape index (κ3) is 5.87. The maximum absolute atomic E-state index is 13.5. The van der Waals surface area contributed by atoms with Gasteiger partial charge in [0, 0.05) is 35.7 Å². The fourth-order valence-electron chi connectivity index (χ4n) is 6.71. The first kappa shape index (κ1) is 27.5. The minimum Gasteiger partial charge on any atom is -0.493 e. The van der Waals surface area contributed by atoms with Gasteiger partial charge in [-0.25, -0.2) is 0 Å². The summed E-state index contributed by atoms with van der Waals surface area (Å²) in [5, 5.41) is 1.19. The fourth-order valence-corrected chi connectivity index (χ4v) is 6.71. The second-order valence-electron chi connectivity index (χ2n) is 12.0. The minimum absolute atomic E-state index is 0.0557. The highest BCUT2D eigenvalue weighted by molar-refractivity contribution is 6.03. The van der Waals surface area contributed by atoms with E-state index in [1.165, 1.54) is 16.5 Å². The molecule has 6 rings (SSSR count). The molecule has 4 aromatic rings. The summed E-state index contributed by atoms with van der Waals surface area (Å²) in [5.74, 6) is 2.26. The van der Waals surface area contributed by atoms with E-state index in [1.807, 2.05) is 12.1 Å². The van der Waals surface area contributed by atoms with Gasteiger partial charge in [0.2, 0.25) is 5.52 Å². The highest BCUT2D eigenvalue weighted by Gasteiger charge is 2.34. The van der Waals surface area contributed by atoms with Crippen LogP contribution >= 0.6 is 0 Å². The van der Waals surface area contributed by atoms with Crippen molar-refractivity contribution >= 4 is 16.7 Å². The molecule has 212 valence electrons. The number of fused-ring (bicyclic) bond motifs is 2. The van der Waals surface area contributed by atoms with Crippen LogP contribution in [-0.4, -0.2) is 30.9 Å². The van der Waals surface area contributed by atoms with Crippen LogP contribution < -0.4 is 14.0 Å². The van der Waals surface area contributed by atoms with Crippen LogP contribution in [0.4, 0.5) is 0 Å². The normalized spacial score (nSPS) is 17.8. The number of hydrogen-bond donors (Lipinski definition) is 0. The van der Waals surface area contributed by atoms with Gasteiger partial charge in [-0.1, -0.05) is 42.5 Å². The Balaban J connectivity index is 1.11. The second kappa shape index (κ2) is 12.0. The number of carbonyl (C=O) groups excluding carboxylic acids is 1. The molecule has 0 spiro atoms. The molecule has 0 radical (unpaired) electrons. The smallest absolute Gasteiger partial charge is 0.213 e. The van der Waals surface area contributed by atoms with Crippen LogP contribution in [0.25, 0.3) is 10.9 Å². The molecule has 1 saturated heterocycles. The average Bonchev–Trinajstić information content (AvgIpc) is 3.30. The van der Waals surface area contributed by atoms with E-state index in [-0.39, 0.29) is 11.7 Å². The Morgan fingerprint density at radius 2 is 1.71 bits per heavy atom. The molecule has 1 aliphatic carbocycles. The van der Waals surface area contributed by atoms with Crippen LogP contribution in [0, 0.1) is 11.8 Å². The van der Waals surface area contributed by atoms with Gasteiger partial charge < -0.3 is 9.47 Å². The summed E-state index contributed by atoms with van der Waals surface area (Å²) in [7, 11) is 1.65. The summed E-state index contributed by atoms with van der Waals surface area (Å²) >= 11 is 0. The standard InChI is InChI=1S/C36H41N2O3/c1-25(2)38-18-15-28(31-11-7-8-12-33(31)38)24-41-35-21-29-20-30(36(39)32(29)22-34(35)40-3)19-26-13-16-37(17-14-26)23-27-9-5-4-6-10-27/h4-12,15,18,21-22,25-26,30H,13-14,16-17,19-20,23-24H2,1-3H3/q+1. The number of piperidine rings is 1. The number of Topliss-reactive ketones (excluding diaryl/α,β-unsaturated/α-hetero) is 1. The van der Waals surface area contributed by atoms with Crippen molar-refractivity contribution < 1.29 is 18.8 Å². The van der Waals surface area contributed by atoms with Crippen LogP contribution in [0.3, 0.4) is 0 Å². The van der Waals surface area contributed by atoms with E-state index in [1.54, 1.807) is 7.11 Å². The fraction of sp³-hybridized carbons (Fsp3) is 0.389. The number of rotatable bonds is 9. The minimum atomic E-state index is 0.0557. The third-order valence-electron chi connectivity index (χ3n) is 8.97. The first-order chi connectivity index (χ1) is 20.0. The lowest BCUT2D eigenvalue weighted by Crippen LogP contribution is -2.36. The van der Waals surface area contributed by atoms with Crippen molar-refractivity contribution in [3.8, 4) is 11.5 Å². The molecule has 0 saturated carbocycles. The van der Waals surface area contributed by atoms with Crippen molar-refractivity contribution in [2.45, 2.75) is 58.7 Å². The second-order valence-corrected chi connectivity index (χ2v) is 12.0. The Kier molecular flexibility index (Phi) is 8.06. The molecule has 0 bridgehead atoms. The predicted octanol–water partition coefficient (Wildman–Crippen LogP) is 6.95. The molecule has 3 aromatic carbocycles. The van der Waals surface area contributed by atoms with Crippen molar-refractivity contribution in [3.05, 3.63) is 101 Å². The molecular formula is C36H41N2O3+. The molecule has 5 nitrogen and oxygen atoms in total. The number of methoxy groups -OCH3 is 1. The van der Waals surface area contributed by atoms with Crippen molar-refractivity contribution in [2.75, 3.05) is 20.2 Å². The van der Waals surface area contributed by atoms with Gasteiger partial charge in [-0.3, -0.25) is 9.69 Å². The SMILES string of the molecule is COc1cc2c(cc1OCc1cc[n+](C(C)C)c3ccccc13)CC(CC1CCN(Cc3ccccc3)CC1)C2=O. The van der Waals surface area contributed by atoms with Crippen LogP contribution in [0.5, 0.6) is 11.5 Å². The Bertz CT molecular complexity index is 1520. The summed E-state index contributed by atoms with van der Waals surface area (Å²) in [5.41, 5.74) is 5.60. The Hall–Kier alpha value is -3.70. The Labute approximate surface area is 243 Å². The molecule has 0 amide bonds. The molecule has 41 heavy (non-hydrogen) atoms. The van der Waals surface area contributed by atoms with Gasteiger partial charge in [0.1, 0.15) is 6.61 Å². The molecule has 1 atom stereocenters. The van der Waals surface area contributed by atoms with Gasteiger partial charge in [0.05, 0.1) is 12.5 Å². The molecule has 1 aromatic heterocycles. The van der Waals surface area contributed by atoms with E-state index in [0.29, 0.717) is 30.1 Å². The topological polar surface area (TPSA) is 42.6 Å². The number of pyridine rings is 1. The van der Waals surface area contributed by atoms with Crippen molar-refractivity contribution in [1.29, 1.82) is 0 Å². The number of hydrogen-bond acceptors (Lipinski definition) is 4. The highest BCUT2D eigenvalue weighted by Crippen LogP contribution is 2.40. The average molecular weight is 550 g/mol. The van der Waals surface area contributed by atoms with Gasteiger partial charge in [-0.15, -0.1) is 0 Å². The predicted molar refractivity (Wildman–Crippen MR) is 162 cm³/mol. The van der Waals surface area contributed by atoms with Crippen LogP contribution in [0.1, 0.15) is 66.2 Å². The van der Waals surface area contributed by atoms with E-state index in [4.69, 9.17) is 9.47 Å². The van der Waals surface area contributed by atoms with Crippen LogP contribution in [-0.2, 0) is 19.6 Å². The largest absolute Gasteiger partial charge is 0.493 e. The summed E-state index contributed by atoms with van der Waals surface area (Å²) in [6, 6.07) is 25.7. The number of para-hydroxylation sites is 1. The maximum atomic E-state index is 13.5. The van der Waals surface area contributed by atoms with Gasteiger partial charge in [-0.05, 0) is 87.9 Å². The lowest BCUT2D eigenvalue weighted by atomic mass is 9.85. The molecule has 5 heteroatoms. The number of nitrogens with zero attached hydrogens (tertiary/aromatic N) is 2. The van der Waals surface area contributed by atoms with Crippen molar-refractivity contribution in [3.63, 3.8) is 0 Å². The molecular weight excluding hydrogens is 508 g/mol. The van der Waals surface area contributed by atoms with Crippen molar-refractivity contribution in [2.24, 2.45) is 11.8 Å². The van der Waals surface area contributed by atoms with E-state index in [0.717, 1.165) is 62.0 Å². The Morgan fingerprint density at radius 3 is 2.46 bits per heavy atom. The number of benzene rings is 3. The zero-order chi connectivity index (χ0) is 28.3. The highest BCUT2D eigenvalue weighted by atomic mass is 16.5. The van der Waals surface area contributed by atoms with E-state index >= 15 is 0 Å².